The predicted molar refractivity (Wildman–Crippen MR) is 109 cm³/mol. The van der Waals surface area contributed by atoms with Gasteiger partial charge in [0.2, 0.25) is 0 Å². The molecule has 0 aliphatic heterocycles. The standard InChI is InChI=1S/C21H20F6N4O2/c1-2-3-8-28-19(32)29-18-15-10-14(6-7-17(15)30-31-18)33-11-12-4-5-13(20(22,23)24)9-16(12)21(25,26)27/h4-7,9-10H,2-3,8,11H2,1H3,(H3,28,29,30,31,32). The first kappa shape index (κ1) is 24.2. The van der Waals surface area contributed by atoms with E-state index in [0.717, 1.165) is 18.9 Å². The smallest absolute Gasteiger partial charge is 0.416 e. The average Bonchev–Trinajstić information content (AvgIpc) is 3.13. The second kappa shape index (κ2) is 9.59. The van der Waals surface area contributed by atoms with E-state index < -0.39 is 41.7 Å². The molecule has 2 amide bonds. The highest BCUT2D eigenvalue weighted by Crippen LogP contribution is 2.37. The van der Waals surface area contributed by atoms with Crippen LogP contribution in [0.1, 0.15) is 36.5 Å². The molecule has 3 N–H and O–H groups in total. The molecule has 0 saturated heterocycles. The van der Waals surface area contributed by atoms with Crippen molar-refractivity contribution in [2.24, 2.45) is 0 Å². The van der Waals surface area contributed by atoms with Crippen LogP contribution in [0.2, 0.25) is 0 Å². The molecule has 3 aromatic rings. The van der Waals surface area contributed by atoms with Gasteiger partial charge < -0.3 is 10.1 Å². The van der Waals surface area contributed by atoms with E-state index in [4.69, 9.17) is 4.74 Å². The Bertz CT molecular complexity index is 1120. The Morgan fingerprint density at radius 2 is 1.82 bits per heavy atom. The van der Waals surface area contributed by atoms with Gasteiger partial charge in [-0.05, 0) is 36.8 Å². The maximum Gasteiger partial charge on any atom is 0.416 e. The van der Waals surface area contributed by atoms with Crippen LogP contribution in [0, 0.1) is 0 Å². The number of aromatic nitrogens is 2. The number of hydrogen-bond acceptors (Lipinski definition) is 3. The van der Waals surface area contributed by atoms with Crippen molar-refractivity contribution >= 4 is 22.8 Å². The van der Waals surface area contributed by atoms with Crippen LogP contribution in [-0.2, 0) is 19.0 Å². The fourth-order valence-electron chi connectivity index (χ4n) is 3.01. The number of amides is 2. The molecular weight excluding hydrogens is 454 g/mol. The van der Waals surface area contributed by atoms with Gasteiger partial charge in [-0.1, -0.05) is 19.4 Å². The van der Waals surface area contributed by atoms with Crippen molar-refractivity contribution < 1.29 is 35.9 Å². The Hall–Kier alpha value is -3.44. The molecule has 0 atom stereocenters. The minimum absolute atomic E-state index is 0.0666. The van der Waals surface area contributed by atoms with Crippen molar-refractivity contribution in [2.45, 2.75) is 38.7 Å². The van der Waals surface area contributed by atoms with E-state index in [1.54, 1.807) is 6.07 Å². The molecule has 0 aliphatic rings. The van der Waals surface area contributed by atoms with E-state index >= 15 is 0 Å². The number of carbonyl (C=O) groups excluding carboxylic acids is 1. The van der Waals surface area contributed by atoms with E-state index in [1.807, 2.05) is 6.92 Å². The quantitative estimate of drug-likeness (QED) is 0.286. The highest BCUT2D eigenvalue weighted by Gasteiger charge is 2.38. The lowest BCUT2D eigenvalue weighted by molar-refractivity contribution is -0.143. The summed E-state index contributed by atoms with van der Waals surface area (Å²) in [7, 11) is 0. The minimum Gasteiger partial charge on any atom is -0.489 e. The second-order valence-electron chi connectivity index (χ2n) is 7.17. The summed E-state index contributed by atoms with van der Waals surface area (Å²) < 4.78 is 83.8. The Kier molecular flexibility index (Phi) is 7.04. The van der Waals surface area contributed by atoms with Gasteiger partial charge in [-0.3, -0.25) is 10.4 Å². The number of nitrogens with one attached hydrogen (secondary N) is 3. The molecule has 2 aromatic carbocycles. The first-order valence-electron chi connectivity index (χ1n) is 9.92. The van der Waals surface area contributed by atoms with E-state index in [1.165, 1.54) is 12.1 Å². The molecule has 33 heavy (non-hydrogen) atoms. The van der Waals surface area contributed by atoms with Gasteiger partial charge >= 0.3 is 18.4 Å². The zero-order valence-electron chi connectivity index (χ0n) is 17.3. The summed E-state index contributed by atoms with van der Waals surface area (Å²) in [6, 6.07) is 5.39. The number of halogens is 6. The number of ether oxygens (including phenoxy) is 1. The van der Waals surface area contributed by atoms with Crippen LogP contribution in [0.15, 0.2) is 36.4 Å². The van der Waals surface area contributed by atoms with Crippen LogP contribution in [0.25, 0.3) is 10.9 Å². The summed E-state index contributed by atoms with van der Waals surface area (Å²) in [5.41, 5.74) is -2.73. The maximum atomic E-state index is 13.3. The fraction of sp³-hybridized carbons (Fsp3) is 0.333. The number of carbonyl (C=O) groups is 1. The number of fused-ring (bicyclic) bond motifs is 1. The van der Waals surface area contributed by atoms with Crippen LogP contribution >= 0.6 is 0 Å². The Labute approximate surface area is 184 Å². The molecule has 0 fully saturated rings. The molecule has 0 radical (unpaired) electrons. The van der Waals surface area contributed by atoms with E-state index in [0.29, 0.717) is 23.5 Å². The first-order valence-corrected chi connectivity index (χ1v) is 9.92. The van der Waals surface area contributed by atoms with Crippen molar-refractivity contribution in [1.29, 1.82) is 0 Å². The zero-order chi connectivity index (χ0) is 24.2. The van der Waals surface area contributed by atoms with E-state index in [9.17, 15) is 31.1 Å². The van der Waals surface area contributed by atoms with Gasteiger partial charge in [-0.15, -0.1) is 0 Å². The molecule has 0 saturated carbocycles. The van der Waals surface area contributed by atoms with Crippen LogP contribution in [0.5, 0.6) is 5.75 Å². The minimum atomic E-state index is -4.99. The number of urea groups is 1. The number of anilines is 1. The van der Waals surface area contributed by atoms with Gasteiger partial charge in [0.05, 0.1) is 16.6 Å². The average molecular weight is 474 g/mol. The number of unbranched alkanes of at least 4 members (excludes halogenated alkanes) is 1. The lowest BCUT2D eigenvalue weighted by atomic mass is 10.0. The summed E-state index contributed by atoms with van der Waals surface area (Å²) in [6.07, 6.45) is -8.19. The van der Waals surface area contributed by atoms with E-state index in [-0.39, 0.29) is 17.6 Å². The summed E-state index contributed by atoms with van der Waals surface area (Å²) >= 11 is 0. The summed E-state index contributed by atoms with van der Waals surface area (Å²) in [5.74, 6) is 0.335. The Morgan fingerprint density at radius 1 is 1.06 bits per heavy atom. The lowest BCUT2D eigenvalue weighted by Gasteiger charge is -2.16. The SMILES string of the molecule is CCCCNC(=O)Nc1n[nH]c2ccc(OCc3ccc(C(F)(F)F)cc3C(F)(F)F)cc12. The first-order chi connectivity index (χ1) is 15.5. The van der Waals surface area contributed by atoms with Crippen LogP contribution in [0.3, 0.4) is 0 Å². The van der Waals surface area contributed by atoms with Crippen molar-refractivity contribution in [3.05, 3.63) is 53.1 Å². The largest absolute Gasteiger partial charge is 0.489 e. The summed E-state index contributed by atoms with van der Waals surface area (Å²) in [4.78, 5) is 12.0. The molecule has 1 heterocycles. The Balaban J connectivity index is 1.78. The van der Waals surface area contributed by atoms with E-state index in [2.05, 4.69) is 20.8 Å². The maximum absolute atomic E-state index is 13.3. The number of alkyl halides is 6. The predicted octanol–water partition coefficient (Wildman–Crippen LogP) is 6.10. The molecule has 0 aliphatic carbocycles. The summed E-state index contributed by atoms with van der Waals surface area (Å²) in [6.45, 7) is 1.84. The third kappa shape index (κ3) is 6.08. The van der Waals surface area contributed by atoms with Crippen LogP contribution in [0.4, 0.5) is 37.0 Å². The van der Waals surface area contributed by atoms with Crippen molar-refractivity contribution in [1.82, 2.24) is 15.5 Å². The van der Waals surface area contributed by atoms with Crippen LogP contribution in [-0.4, -0.2) is 22.8 Å². The zero-order valence-corrected chi connectivity index (χ0v) is 17.3. The van der Waals surface area contributed by atoms with Gasteiger partial charge in [-0.25, -0.2) is 4.79 Å². The number of benzene rings is 2. The third-order valence-corrected chi connectivity index (χ3v) is 4.72. The molecule has 178 valence electrons. The van der Waals surface area contributed by atoms with Gasteiger partial charge in [0.1, 0.15) is 12.4 Å². The van der Waals surface area contributed by atoms with Gasteiger partial charge in [0.25, 0.3) is 0 Å². The molecule has 1 aromatic heterocycles. The fourth-order valence-corrected chi connectivity index (χ4v) is 3.01. The molecule has 0 unspecified atom stereocenters. The topological polar surface area (TPSA) is 79.0 Å². The van der Waals surface area contributed by atoms with Crippen molar-refractivity contribution in [3.63, 3.8) is 0 Å². The highest BCUT2D eigenvalue weighted by atomic mass is 19.4. The monoisotopic (exact) mass is 474 g/mol. The van der Waals surface area contributed by atoms with Gasteiger partial charge in [-0.2, -0.15) is 31.4 Å². The molecule has 0 bridgehead atoms. The normalized spacial score (nSPS) is 12.1. The van der Waals surface area contributed by atoms with Gasteiger partial charge in [0, 0.05) is 17.5 Å². The molecule has 12 heteroatoms. The molecule has 0 spiro atoms. The number of aromatic amines is 1. The molecule has 3 rings (SSSR count). The number of nitrogens with zero attached hydrogens (tertiary/aromatic N) is 1. The number of H-pyrrole nitrogens is 1. The third-order valence-electron chi connectivity index (χ3n) is 4.72. The highest BCUT2D eigenvalue weighted by molar-refractivity contribution is 5.99. The number of hydrogen-bond donors (Lipinski definition) is 3. The lowest BCUT2D eigenvalue weighted by Crippen LogP contribution is -2.29. The molecule has 6 nitrogen and oxygen atoms in total. The van der Waals surface area contributed by atoms with Crippen molar-refractivity contribution in [2.75, 3.05) is 11.9 Å². The summed E-state index contributed by atoms with van der Waals surface area (Å²) in [5, 5.41) is 12.4. The van der Waals surface area contributed by atoms with Crippen LogP contribution < -0.4 is 15.4 Å². The second-order valence-corrected chi connectivity index (χ2v) is 7.17. The Morgan fingerprint density at radius 3 is 2.48 bits per heavy atom. The van der Waals surface area contributed by atoms with Crippen molar-refractivity contribution in [3.8, 4) is 5.75 Å². The molecular formula is C21H20F6N4O2. The van der Waals surface area contributed by atoms with Gasteiger partial charge in [0.15, 0.2) is 5.82 Å². The number of rotatable bonds is 7.